The van der Waals surface area contributed by atoms with E-state index in [0.717, 1.165) is 12.1 Å². The summed E-state index contributed by atoms with van der Waals surface area (Å²) in [5.74, 6) is -0.443. The van der Waals surface area contributed by atoms with E-state index < -0.39 is 0 Å². The lowest BCUT2D eigenvalue weighted by molar-refractivity contribution is 0.523. The fourth-order valence-corrected chi connectivity index (χ4v) is 2.26. The first-order chi connectivity index (χ1) is 9.61. The van der Waals surface area contributed by atoms with Crippen LogP contribution in [0.1, 0.15) is 29.7 Å². The van der Waals surface area contributed by atoms with Crippen molar-refractivity contribution in [3.8, 4) is 0 Å². The van der Waals surface area contributed by atoms with E-state index >= 15 is 0 Å². The highest BCUT2D eigenvalue weighted by Crippen LogP contribution is 2.22. The van der Waals surface area contributed by atoms with E-state index in [1.165, 1.54) is 12.1 Å². The molecule has 0 aliphatic rings. The number of halogens is 2. The highest BCUT2D eigenvalue weighted by Gasteiger charge is 2.14. The van der Waals surface area contributed by atoms with Gasteiger partial charge in [0, 0.05) is 6.04 Å². The van der Waals surface area contributed by atoms with Gasteiger partial charge in [-0.25, -0.2) is 8.78 Å². The van der Waals surface area contributed by atoms with Crippen LogP contribution in [0.2, 0.25) is 0 Å². The third-order valence-corrected chi connectivity index (χ3v) is 3.43. The zero-order valence-corrected chi connectivity index (χ0v) is 11.8. The molecule has 0 saturated heterocycles. The van der Waals surface area contributed by atoms with Gasteiger partial charge in [0.05, 0.1) is 0 Å². The molecule has 0 fully saturated rings. The predicted octanol–water partition coefficient (Wildman–Crippen LogP) is 4.17. The number of hydrogen-bond donors (Lipinski definition) is 1. The van der Waals surface area contributed by atoms with Crippen molar-refractivity contribution in [3.63, 3.8) is 0 Å². The molecule has 0 aromatic heterocycles. The highest BCUT2D eigenvalue weighted by molar-refractivity contribution is 5.28. The van der Waals surface area contributed by atoms with Crippen LogP contribution in [-0.2, 0) is 6.42 Å². The fourth-order valence-electron chi connectivity index (χ4n) is 2.26. The molecule has 2 aromatic rings. The second-order valence-electron chi connectivity index (χ2n) is 4.91. The van der Waals surface area contributed by atoms with Crippen molar-refractivity contribution in [3.05, 3.63) is 70.8 Å². The van der Waals surface area contributed by atoms with E-state index in [1.54, 1.807) is 25.1 Å². The number of aryl methyl sites for hydroxylation is 1. The molecular formula is C17H19F2N. The average Bonchev–Trinajstić information content (AvgIpc) is 2.44. The number of hydrogen-bond acceptors (Lipinski definition) is 1. The van der Waals surface area contributed by atoms with Crippen LogP contribution in [-0.4, -0.2) is 6.54 Å². The molecular weight excluding hydrogens is 256 g/mol. The van der Waals surface area contributed by atoms with E-state index in [0.29, 0.717) is 17.5 Å². The zero-order chi connectivity index (χ0) is 14.5. The molecule has 0 radical (unpaired) electrons. The van der Waals surface area contributed by atoms with E-state index in [1.807, 2.05) is 19.1 Å². The maximum absolute atomic E-state index is 13.7. The van der Waals surface area contributed by atoms with E-state index in [4.69, 9.17) is 0 Å². The Morgan fingerprint density at radius 3 is 2.45 bits per heavy atom. The number of benzene rings is 2. The third kappa shape index (κ3) is 3.42. The maximum atomic E-state index is 13.7. The van der Waals surface area contributed by atoms with Crippen LogP contribution in [0.4, 0.5) is 8.78 Å². The van der Waals surface area contributed by atoms with Crippen molar-refractivity contribution in [1.29, 1.82) is 0 Å². The quantitative estimate of drug-likeness (QED) is 0.863. The lowest BCUT2D eigenvalue weighted by Gasteiger charge is -2.19. The summed E-state index contributed by atoms with van der Waals surface area (Å²) < 4.78 is 27.4. The Morgan fingerprint density at radius 2 is 1.80 bits per heavy atom. The van der Waals surface area contributed by atoms with Crippen LogP contribution in [0, 0.1) is 18.6 Å². The lowest BCUT2D eigenvalue weighted by Crippen LogP contribution is -2.23. The Hall–Kier alpha value is -1.74. The first-order valence-electron chi connectivity index (χ1n) is 6.84. The highest BCUT2D eigenvalue weighted by atomic mass is 19.1. The second kappa shape index (κ2) is 6.62. The maximum Gasteiger partial charge on any atom is 0.126 e. The van der Waals surface area contributed by atoms with Gasteiger partial charge in [0.15, 0.2) is 0 Å². The zero-order valence-electron chi connectivity index (χ0n) is 11.8. The summed E-state index contributed by atoms with van der Waals surface area (Å²) in [7, 11) is 0. The number of nitrogens with one attached hydrogen (secondary N) is 1. The summed E-state index contributed by atoms with van der Waals surface area (Å²) in [4.78, 5) is 0. The van der Waals surface area contributed by atoms with Crippen LogP contribution in [0.25, 0.3) is 0 Å². The molecule has 0 aliphatic heterocycles. The SMILES string of the molecule is CCNC(Cc1ccccc1F)c1ccc(C)c(F)c1. The van der Waals surface area contributed by atoms with Crippen LogP contribution in [0.15, 0.2) is 42.5 Å². The molecule has 0 spiro atoms. The van der Waals surface area contributed by atoms with E-state index in [-0.39, 0.29) is 17.7 Å². The number of likely N-dealkylation sites (N-methyl/N-ethyl adjacent to an activating group) is 1. The van der Waals surface area contributed by atoms with Gasteiger partial charge in [0.2, 0.25) is 0 Å². The molecule has 20 heavy (non-hydrogen) atoms. The van der Waals surface area contributed by atoms with Gasteiger partial charge in [0.1, 0.15) is 11.6 Å². The molecule has 3 heteroatoms. The van der Waals surface area contributed by atoms with Crippen molar-refractivity contribution in [2.75, 3.05) is 6.54 Å². The molecule has 0 saturated carbocycles. The Morgan fingerprint density at radius 1 is 1.05 bits per heavy atom. The van der Waals surface area contributed by atoms with Crippen molar-refractivity contribution in [1.82, 2.24) is 5.32 Å². The molecule has 106 valence electrons. The minimum absolute atomic E-state index is 0.0907. The van der Waals surface area contributed by atoms with Crippen molar-refractivity contribution in [2.45, 2.75) is 26.3 Å². The molecule has 0 bridgehead atoms. The van der Waals surface area contributed by atoms with Gasteiger partial charge in [-0.1, -0.05) is 37.3 Å². The lowest BCUT2D eigenvalue weighted by atomic mass is 9.97. The minimum Gasteiger partial charge on any atom is -0.310 e. The molecule has 1 N–H and O–H groups in total. The molecule has 1 atom stereocenters. The van der Waals surface area contributed by atoms with Gasteiger partial charge in [-0.2, -0.15) is 0 Å². The van der Waals surface area contributed by atoms with Crippen molar-refractivity contribution >= 4 is 0 Å². The van der Waals surface area contributed by atoms with Crippen molar-refractivity contribution < 1.29 is 8.78 Å². The topological polar surface area (TPSA) is 12.0 Å². The largest absolute Gasteiger partial charge is 0.310 e. The van der Waals surface area contributed by atoms with Gasteiger partial charge < -0.3 is 5.32 Å². The van der Waals surface area contributed by atoms with Crippen molar-refractivity contribution in [2.24, 2.45) is 0 Å². The van der Waals surface area contributed by atoms with Gasteiger partial charge in [-0.05, 0) is 48.7 Å². The van der Waals surface area contributed by atoms with Crippen LogP contribution >= 0.6 is 0 Å². The van der Waals surface area contributed by atoms with Crippen LogP contribution < -0.4 is 5.32 Å². The molecule has 0 aliphatic carbocycles. The summed E-state index contributed by atoms with van der Waals surface area (Å²) >= 11 is 0. The smallest absolute Gasteiger partial charge is 0.126 e. The molecule has 0 heterocycles. The number of rotatable bonds is 5. The molecule has 2 aromatic carbocycles. The third-order valence-electron chi connectivity index (χ3n) is 3.43. The van der Waals surface area contributed by atoms with Crippen LogP contribution in [0.5, 0.6) is 0 Å². The van der Waals surface area contributed by atoms with Gasteiger partial charge >= 0.3 is 0 Å². The average molecular weight is 275 g/mol. The summed E-state index contributed by atoms with van der Waals surface area (Å²) in [6, 6.07) is 11.8. The van der Waals surface area contributed by atoms with Gasteiger partial charge in [-0.3, -0.25) is 0 Å². The van der Waals surface area contributed by atoms with Gasteiger partial charge in [0.25, 0.3) is 0 Å². The van der Waals surface area contributed by atoms with Crippen LogP contribution in [0.3, 0.4) is 0 Å². The Kier molecular flexibility index (Phi) is 4.85. The molecule has 1 nitrogen and oxygen atoms in total. The molecule has 2 rings (SSSR count). The predicted molar refractivity (Wildman–Crippen MR) is 77.7 cm³/mol. The Labute approximate surface area is 118 Å². The summed E-state index contributed by atoms with van der Waals surface area (Å²) in [5.41, 5.74) is 2.10. The fraction of sp³-hybridized carbons (Fsp3) is 0.294. The monoisotopic (exact) mass is 275 g/mol. The summed E-state index contributed by atoms with van der Waals surface area (Å²) in [5, 5.41) is 3.29. The normalized spacial score (nSPS) is 12.4. The Bertz CT molecular complexity index is 581. The minimum atomic E-state index is -0.223. The Balaban J connectivity index is 2.27. The standard InChI is InChI=1S/C17H19F2N/c1-3-20-17(11-13-6-4-5-7-15(13)18)14-9-8-12(2)16(19)10-14/h4-10,17,20H,3,11H2,1-2H3. The van der Waals surface area contributed by atoms with E-state index in [9.17, 15) is 8.78 Å². The summed E-state index contributed by atoms with van der Waals surface area (Å²) in [6.07, 6.45) is 0.503. The molecule has 1 unspecified atom stereocenters. The van der Waals surface area contributed by atoms with E-state index in [2.05, 4.69) is 5.32 Å². The summed E-state index contributed by atoms with van der Waals surface area (Å²) in [6.45, 7) is 4.46. The first-order valence-corrected chi connectivity index (χ1v) is 6.84. The first kappa shape index (κ1) is 14.7. The molecule has 0 amide bonds. The van der Waals surface area contributed by atoms with Gasteiger partial charge in [-0.15, -0.1) is 0 Å². The second-order valence-corrected chi connectivity index (χ2v) is 4.91.